The maximum Gasteiger partial charge on any atom is 0.274 e. The maximum absolute atomic E-state index is 11.8. The normalized spacial score (nSPS) is 10.1. The molecule has 1 amide bonds. The van der Waals surface area contributed by atoms with Crippen LogP contribution in [0.2, 0.25) is 0 Å². The average Bonchev–Trinajstić information content (AvgIpc) is 2.85. The molecule has 0 fully saturated rings. The van der Waals surface area contributed by atoms with Gasteiger partial charge < -0.3 is 10.3 Å². The number of carbonyl (C=O) groups excluding carboxylic acids is 1. The minimum Gasteiger partial charge on any atom is -0.357 e. The molecular formula is C12H11N3O3. The van der Waals surface area contributed by atoms with Gasteiger partial charge in [0.25, 0.3) is 11.6 Å². The van der Waals surface area contributed by atoms with Crippen LogP contribution in [0.1, 0.15) is 16.1 Å². The Bertz CT molecular complexity index is 591. The van der Waals surface area contributed by atoms with Gasteiger partial charge in [0.05, 0.1) is 16.2 Å². The molecule has 1 aromatic heterocycles. The second-order valence-corrected chi connectivity index (χ2v) is 3.74. The van der Waals surface area contributed by atoms with Crippen molar-refractivity contribution in [1.29, 1.82) is 0 Å². The van der Waals surface area contributed by atoms with Gasteiger partial charge in [-0.25, -0.2) is 0 Å². The molecule has 2 aromatic rings. The number of hydrogen-bond acceptors (Lipinski definition) is 3. The predicted octanol–water partition coefficient (Wildman–Crippen LogP) is 2.48. The lowest BCUT2D eigenvalue weighted by atomic mass is 10.1. The molecule has 1 heterocycles. The summed E-state index contributed by atoms with van der Waals surface area (Å²) in [6, 6.07) is 7.90. The molecule has 0 spiro atoms. The number of anilines is 1. The van der Waals surface area contributed by atoms with E-state index in [-0.39, 0.29) is 11.6 Å². The van der Waals surface area contributed by atoms with E-state index in [0.29, 0.717) is 16.9 Å². The van der Waals surface area contributed by atoms with E-state index >= 15 is 0 Å². The van der Waals surface area contributed by atoms with Gasteiger partial charge in [0.1, 0.15) is 5.69 Å². The third kappa shape index (κ3) is 2.22. The molecule has 0 bridgehead atoms. The SMILES string of the molecule is Cc1c(NC(=O)c2ccc[nH]2)cccc1[N+](=O)[O-]. The van der Waals surface area contributed by atoms with Crippen LogP contribution in [0.25, 0.3) is 0 Å². The zero-order valence-corrected chi connectivity index (χ0v) is 9.64. The number of nitrogens with zero attached hydrogens (tertiary/aromatic N) is 1. The Balaban J connectivity index is 2.27. The highest BCUT2D eigenvalue weighted by molar-refractivity contribution is 6.03. The predicted molar refractivity (Wildman–Crippen MR) is 66.6 cm³/mol. The number of H-pyrrole nitrogens is 1. The molecule has 0 saturated heterocycles. The second-order valence-electron chi connectivity index (χ2n) is 3.74. The van der Waals surface area contributed by atoms with Crippen molar-refractivity contribution in [2.24, 2.45) is 0 Å². The molecule has 2 rings (SSSR count). The van der Waals surface area contributed by atoms with Gasteiger partial charge in [0.15, 0.2) is 0 Å². The molecule has 6 heteroatoms. The van der Waals surface area contributed by atoms with Gasteiger partial charge in [-0.2, -0.15) is 0 Å². The van der Waals surface area contributed by atoms with E-state index in [1.165, 1.54) is 12.1 Å². The molecule has 0 aliphatic rings. The maximum atomic E-state index is 11.8. The first kappa shape index (κ1) is 11.8. The van der Waals surface area contributed by atoms with Crippen molar-refractivity contribution >= 4 is 17.3 Å². The minimum atomic E-state index is -0.473. The number of amides is 1. The Morgan fingerprint density at radius 1 is 1.33 bits per heavy atom. The fraction of sp³-hybridized carbons (Fsp3) is 0.0833. The summed E-state index contributed by atoms with van der Waals surface area (Å²) in [4.78, 5) is 24.9. The van der Waals surface area contributed by atoms with Crippen LogP contribution in [0.5, 0.6) is 0 Å². The lowest BCUT2D eigenvalue weighted by Gasteiger charge is -2.07. The van der Waals surface area contributed by atoms with Gasteiger partial charge in [-0.15, -0.1) is 0 Å². The summed E-state index contributed by atoms with van der Waals surface area (Å²) in [5, 5.41) is 13.4. The molecule has 0 radical (unpaired) electrons. The summed E-state index contributed by atoms with van der Waals surface area (Å²) in [6.07, 6.45) is 1.63. The molecule has 0 atom stereocenters. The van der Waals surface area contributed by atoms with Crippen molar-refractivity contribution in [3.05, 3.63) is 57.9 Å². The Morgan fingerprint density at radius 2 is 2.11 bits per heavy atom. The summed E-state index contributed by atoms with van der Waals surface area (Å²) in [6.45, 7) is 1.60. The van der Waals surface area contributed by atoms with E-state index in [2.05, 4.69) is 10.3 Å². The molecule has 1 aromatic carbocycles. The number of hydrogen-bond donors (Lipinski definition) is 2. The van der Waals surface area contributed by atoms with Crippen molar-refractivity contribution in [3.63, 3.8) is 0 Å². The zero-order valence-electron chi connectivity index (χ0n) is 9.64. The number of nitrogens with one attached hydrogen (secondary N) is 2. The fourth-order valence-electron chi connectivity index (χ4n) is 1.62. The number of benzene rings is 1. The van der Waals surface area contributed by atoms with Gasteiger partial charge in [0, 0.05) is 12.3 Å². The van der Waals surface area contributed by atoms with Crippen molar-refractivity contribution in [2.45, 2.75) is 6.92 Å². The van der Waals surface area contributed by atoms with Gasteiger partial charge in [-0.05, 0) is 25.1 Å². The van der Waals surface area contributed by atoms with E-state index in [4.69, 9.17) is 0 Å². The number of nitro groups is 1. The number of rotatable bonds is 3. The summed E-state index contributed by atoms with van der Waals surface area (Å²) < 4.78 is 0. The van der Waals surface area contributed by atoms with E-state index in [1.54, 1.807) is 31.3 Å². The first-order valence-corrected chi connectivity index (χ1v) is 5.28. The van der Waals surface area contributed by atoms with E-state index in [9.17, 15) is 14.9 Å². The number of nitro benzene ring substituents is 1. The smallest absolute Gasteiger partial charge is 0.274 e. The molecule has 0 aliphatic carbocycles. The fourth-order valence-corrected chi connectivity index (χ4v) is 1.62. The second kappa shape index (κ2) is 4.70. The van der Waals surface area contributed by atoms with E-state index < -0.39 is 4.92 Å². The largest absolute Gasteiger partial charge is 0.357 e. The highest BCUT2D eigenvalue weighted by Crippen LogP contribution is 2.25. The van der Waals surface area contributed by atoms with E-state index in [0.717, 1.165) is 0 Å². The van der Waals surface area contributed by atoms with Gasteiger partial charge in [-0.1, -0.05) is 6.07 Å². The summed E-state index contributed by atoms with van der Waals surface area (Å²) in [7, 11) is 0. The molecule has 0 unspecified atom stereocenters. The van der Waals surface area contributed by atoms with Crippen LogP contribution in [0.4, 0.5) is 11.4 Å². The van der Waals surface area contributed by atoms with Crippen LogP contribution in [-0.4, -0.2) is 15.8 Å². The molecule has 0 saturated carbocycles. The monoisotopic (exact) mass is 245 g/mol. The lowest BCUT2D eigenvalue weighted by molar-refractivity contribution is -0.385. The standard InChI is InChI=1S/C12H11N3O3/c1-8-9(4-2-6-11(8)15(17)18)14-12(16)10-5-3-7-13-10/h2-7,13H,1H3,(H,14,16). The summed E-state index contributed by atoms with van der Waals surface area (Å²) in [5.41, 5.74) is 1.26. The highest BCUT2D eigenvalue weighted by Gasteiger charge is 2.15. The Labute approximate surface area is 103 Å². The Hall–Kier alpha value is -2.63. The number of aromatic nitrogens is 1. The van der Waals surface area contributed by atoms with Crippen molar-refractivity contribution < 1.29 is 9.72 Å². The molecule has 18 heavy (non-hydrogen) atoms. The molecule has 2 N–H and O–H groups in total. The summed E-state index contributed by atoms with van der Waals surface area (Å²) in [5.74, 6) is -0.330. The third-order valence-electron chi connectivity index (χ3n) is 2.59. The average molecular weight is 245 g/mol. The quantitative estimate of drug-likeness (QED) is 0.643. The van der Waals surface area contributed by atoms with Gasteiger partial charge in [-0.3, -0.25) is 14.9 Å². The van der Waals surface area contributed by atoms with Crippen LogP contribution in [0.15, 0.2) is 36.5 Å². The number of carbonyl (C=O) groups is 1. The van der Waals surface area contributed by atoms with E-state index in [1.807, 2.05) is 0 Å². The van der Waals surface area contributed by atoms with Crippen LogP contribution in [0, 0.1) is 17.0 Å². The van der Waals surface area contributed by atoms with Crippen LogP contribution >= 0.6 is 0 Å². The molecule has 0 aliphatic heterocycles. The molecule has 6 nitrogen and oxygen atoms in total. The topological polar surface area (TPSA) is 88.0 Å². The zero-order chi connectivity index (χ0) is 13.1. The summed E-state index contributed by atoms with van der Waals surface area (Å²) >= 11 is 0. The molecular weight excluding hydrogens is 234 g/mol. The Kier molecular flexibility index (Phi) is 3.09. The van der Waals surface area contributed by atoms with Crippen LogP contribution < -0.4 is 5.32 Å². The number of aromatic amines is 1. The van der Waals surface area contributed by atoms with Crippen LogP contribution in [0.3, 0.4) is 0 Å². The highest BCUT2D eigenvalue weighted by atomic mass is 16.6. The minimum absolute atomic E-state index is 0.0146. The molecule has 92 valence electrons. The van der Waals surface area contributed by atoms with Crippen LogP contribution in [-0.2, 0) is 0 Å². The van der Waals surface area contributed by atoms with Gasteiger partial charge >= 0.3 is 0 Å². The Morgan fingerprint density at radius 3 is 2.72 bits per heavy atom. The van der Waals surface area contributed by atoms with Crippen molar-refractivity contribution in [2.75, 3.05) is 5.32 Å². The lowest BCUT2D eigenvalue weighted by Crippen LogP contribution is -2.13. The van der Waals surface area contributed by atoms with Gasteiger partial charge in [0.2, 0.25) is 0 Å². The van der Waals surface area contributed by atoms with Crippen molar-refractivity contribution in [3.8, 4) is 0 Å². The van der Waals surface area contributed by atoms with Crippen molar-refractivity contribution in [1.82, 2.24) is 4.98 Å². The first-order valence-electron chi connectivity index (χ1n) is 5.28. The third-order valence-corrected chi connectivity index (χ3v) is 2.59. The first-order chi connectivity index (χ1) is 8.59.